The summed E-state index contributed by atoms with van der Waals surface area (Å²) in [6.07, 6.45) is 0. The van der Waals surface area contributed by atoms with Gasteiger partial charge in [-0.3, -0.25) is 4.79 Å². The third-order valence-electron chi connectivity index (χ3n) is 6.73. The van der Waals surface area contributed by atoms with Crippen molar-refractivity contribution in [3.8, 4) is 34.4 Å². The number of ether oxygens (including phenoxy) is 4. The van der Waals surface area contributed by atoms with Crippen molar-refractivity contribution in [3.05, 3.63) is 83.1 Å². The van der Waals surface area contributed by atoms with Crippen molar-refractivity contribution < 1.29 is 23.7 Å². The zero-order valence-corrected chi connectivity index (χ0v) is 23.2. The average molecular weight is 542 g/mol. The van der Waals surface area contributed by atoms with Crippen LogP contribution >= 0.6 is 0 Å². The van der Waals surface area contributed by atoms with E-state index in [1.165, 1.54) is 0 Å². The van der Waals surface area contributed by atoms with Gasteiger partial charge in [0.05, 0.1) is 39.7 Å². The number of hydrogen-bond donors (Lipinski definition) is 2. The lowest BCUT2D eigenvalue weighted by Crippen LogP contribution is -2.31. The summed E-state index contributed by atoms with van der Waals surface area (Å²) in [6.45, 7) is 3.86. The number of anilines is 2. The minimum absolute atomic E-state index is 0.327. The number of nitrogens with one attached hydrogen (secondary N) is 2. The van der Waals surface area contributed by atoms with Gasteiger partial charge in [0.2, 0.25) is 11.7 Å². The Morgan fingerprint density at radius 3 is 2.23 bits per heavy atom. The predicted octanol–water partition coefficient (Wildman–Crippen LogP) is 5.22. The van der Waals surface area contributed by atoms with E-state index in [9.17, 15) is 4.79 Å². The molecule has 40 heavy (non-hydrogen) atoms. The number of fused-ring (bicyclic) bond motifs is 1. The minimum atomic E-state index is -0.675. The van der Waals surface area contributed by atoms with Gasteiger partial charge >= 0.3 is 0 Å². The first kappa shape index (κ1) is 26.6. The van der Waals surface area contributed by atoms with Crippen LogP contribution in [0.1, 0.15) is 24.1 Å². The molecule has 0 saturated heterocycles. The van der Waals surface area contributed by atoms with E-state index in [4.69, 9.17) is 29.0 Å². The molecule has 1 aliphatic heterocycles. The van der Waals surface area contributed by atoms with Crippen LogP contribution in [0.4, 0.5) is 11.6 Å². The topological polar surface area (TPSA) is 109 Å². The quantitative estimate of drug-likeness (QED) is 0.313. The first-order chi connectivity index (χ1) is 19.4. The highest BCUT2D eigenvalue weighted by molar-refractivity contribution is 6.06. The standard InChI is InChI=1S/C30H31N5O5/c1-17-10-9-11-19(14-17)28-33-30-31-18(2)25(29(36)32-21-12-7-8-13-22(21)37-3)26(35(30)34-28)20-15-23(38-4)27(40-6)24(16-20)39-5/h7-16,26H,1-6H3,(H,32,36)(H,31,33,34). The summed E-state index contributed by atoms with van der Waals surface area (Å²) in [4.78, 5) is 18.8. The lowest BCUT2D eigenvalue weighted by molar-refractivity contribution is -0.113. The van der Waals surface area contributed by atoms with Gasteiger partial charge in [0.1, 0.15) is 11.8 Å². The molecule has 0 bridgehead atoms. The summed E-state index contributed by atoms with van der Waals surface area (Å²) in [6, 6.07) is 18.2. The highest BCUT2D eigenvalue weighted by Crippen LogP contribution is 2.44. The van der Waals surface area contributed by atoms with Crippen molar-refractivity contribution >= 4 is 17.5 Å². The molecule has 1 unspecified atom stereocenters. The number of allylic oxidation sites excluding steroid dienone is 1. The number of aryl methyl sites for hydroxylation is 1. The Morgan fingerprint density at radius 2 is 1.57 bits per heavy atom. The van der Waals surface area contributed by atoms with E-state index in [0.29, 0.717) is 57.3 Å². The lowest BCUT2D eigenvalue weighted by atomic mass is 9.94. The monoisotopic (exact) mass is 541 g/mol. The summed E-state index contributed by atoms with van der Waals surface area (Å²) in [7, 11) is 6.21. The van der Waals surface area contributed by atoms with Gasteiger partial charge in [-0.1, -0.05) is 35.9 Å². The Morgan fingerprint density at radius 1 is 0.875 bits per heavy atom. The molecule has 1 amide bonds. The van der Waals surface area contributed by atoms with E-state index in [1.54, 1.807) is 45.3 Å². The number of benzene rings is 3. The van der Waals surface area contributed by atoms with Crippen LogP contribution in [0.15, 0.2) is 71.9 Å². The smallest absolute Gasteiger partial charge is 0.255 e. The highest BCUT2D eigenvalue weighted by atomic mass is 16.5. The van der Waals surface area contributed by atoms with E-state index in [2.05, 4.69) is 10.6 Å². The molecule has 0 saturated carbocycles. The largest absolute Gasteiger partial charge is 0.495 e. The molecule has 4 aromatic rings. The molecule has 3 aromatic carbocycles. The molecule has 0 spiro atoms. The zero-order chi connectivity index (χ0) is 28.4. The van der Waals surface area contributed by atoms with Gasteiger partial charge in [0.25, 0.3) is 5.91 Å². The van der Waals surface area contributed by atoms with Gasteiger partial charge in [0, 0.05) is 11.3 Å². The van der Waals surface area contributed by atoms with Crippen molar-refractivity contribution in [3.63, 3.8) is 0 Å². The van der Waals surface area contributed by atoms with E-state index in [-0.39, 0.29) is 5.91 Å². The molecule has 0 radical (unpaired) electrons. The number of nitrogens with zero attached hydrogens (tertiary/aromatic N) is 3. The zero-order valence-electron chi connectivity index (χ0n) is 23.2. The molecule has 0 aliphatic carbocycles. The van der Waals surface area contributed by atoms with Gasteiger partial charge in [-0.15, -0.1) is 5.10 Å². The first-order valence-corrected chi connectivity index (χ1v) is 12.6. The normalized spacial score (nSPS) is 14.2. The van der Waals surface area contributed by atoms with Crippen LogP contribution in [0.5, 0.6) is 23.0 Å². The average Bonchev–Trinajstić information content (AvgIpc) is 3.39. The summed E-state index contributed by atoms with van der Waals surface area (Å²) in [5.41, 5.74) is 4.26. The maximum Gasteiger partial charge on any atom is 0.255 e. The number of carbonyl (C=O) groups is 1. The second kappa shape index (κ2) is 11.0. The molecule has 2 N–H and O–H groups in total. The van der Waals surface area contributed by atoms with Crippen molar-refractivity contribution in [1.29, 1.82) is 0 Å². The molecule has 10 nitrogen and oxygen atoms in total. The maximum atomic E-state index is 14.0. The summed E-state index contributed by atoms with van der Waals surface area (Å²) in [5.74, 6) is 2.61. The summed E-state index contributed by atoms with van der Waals surface area (Å²) in [5, 5.41) is 11.2. The summed E-state index contributed by atoms with van der Waals surface area (Å²) >= 11 is 0. The van der Waals surface area contributed by atoms with Gasteiger partial charge in [0.15, 0.2) is 17.3 Å². The van der Waals surface area contributed by atoms with Crippen molar-refractivity contribution in [2.45, 2.75) is 19.9 Å². The van der Waals surface area contributed by atoms with Crippen LogP contribution in [0.25, 0.3) is 11.4 Å². The molecule has 0 fully saturated rings. The Kier molecular flexibility index (Phi) is 7.33. The predicted molar refractivity (Wildman–Crippen MR) is 152 cm³/mol. The minimum Gasteiger partial charge on any atom is -0.495 e. The lowest BCUT2D eigenvalue weighted by Gasteiger charge is -2.29. The van der Waals surface area contributed by atoms with Gasteiger partial charge in [-0.2, -0.15) is 4.98 Å². The number of hydrogen-bond acceptors (Lipinski definition) is 8. The second-order valence-corrected chi connectivity index (χ2v) is 9.25. The molecule has 1 atom stereocenters. The fraction of sp³-hybridized carbons (Fsp3) is 0.233. The number of amides is 1. The van der Waals surface area contributed by atoms with Crippen LogP contribution < -0.4 is 29.6 Å². The van der Waals surface area contributed by atoms with E-state index < -0.39 is 6.04 Å². The highest BCUT2D eigenvalue weighted by Gasteiger charge is 2.36. The van der Waals surface area contributed by atoms with E-state index in [0.717, 1.165) is 11.1 Å². The van der Waals surface area contributed by atoms with Crippen molar-refractivity contribution in [1.82, 2.24) is 14.8 Å². The third-order valence-corrected chi connectivity index (χ3v) is 6.73. The number of para-hydroxylation sites is 2. The SMILES string of the molecule is COc1ccccc1NC(=O)C1=C(C)Nc2nc(-c3cccc(C)c3)nn2C1c1cc(OC)c(OC)c(OC)c1. The number of carbonyl (C=O) groups excluding carboxylic acids is 1. The Hall–Kier alpha value is -4.99. The number of aromatic nitrogens is 3. The fourth-order valence-corrected chi connectivity index (χ4v) is 4.86. The van der Waals surface area contributed by atoms with Gasteiger partial charge in [-0.25, -0.2) is 4.68 Å². The Bertz CT molecular complexity index is 1580. The molecule has 1 aromatic heterocycles. The fourth-order valence-electron chi connectivity index (χ4n) is 4.86. The Balaban J connectivity index is 1.68. The second-order valence-electron chi connectivity index (χ2n) is 9.25. The van der Waals surface area contributed by atoms with Crippen LogP contribution in [0.3, 0.4) is 0 Å². The molecule has 5 rings (SSSR count). The molecule has 2 heterocycles. The molecule has 206 valence electrons. The van der Waals surface area contributed by atoms with Crippen LogP contribution in [-0.2, 0) is 4.79 Å². The van der Waals surface area contributed by atoms with Crippen LogP contribution in [0, 0.1) is 6.92 Å². The molecular formula is C30H31N5O5. The third kappa shape index (κ3) is 4.79. The number of rotatable bonds is 8. The van der Waals surface area contributed by atoms with Crippen molar-refractivity contribution in [2.24, 2.45) is 0 Å². The summed E-state index contributed by atoms with van der Waals surface area (Å²) < 4.78 is 24.0. The molecule has 1 aliphatic rings. The maximum absolute atomic E-state index is 14.0. The van der Waals surface area contributed by atoms with E-state index >= 15 is 0 Å². The van der Waals surface area contributed by atoms with Crippen LogP contribution in [0.2, 0.25) is 0 Å². The van der Waals surface area contributed by atoms with Gasteiger partial charge < -0.3 is 29.6 Å². The van der Waals surface area contributed by atoms with Crippen molar-refractivity contribution in [2.75, 3.05) is 39.1 Å². The van der Waals surface area contributed by atoms with Crippen LogP contribution in [-0.4, -0.2) is 49.1 Å². The first-order valence-electron chi connectivity index (χ1n) is 12.6. The number of methoxy groups -OCH3 is 4. The Labute approximate surface area is 232 Å². The molecular weight excluding hydrogens is 510 g/mol. The van der Waals surface area contributed by atoms with E-state index in [1.807, 2.05) is 62.4 Å². The molecule has 10 heteroatoms. The van der Waals surface area contributed by atoms with Gasteiger partial charge in [-0.05, 0) is 49.7 Å².